The SMILES string of the molecule is CC1CCC(C(=O)N(c2cc(C#CC(C)(C)C)sc2C(=O)O)C2CCC(SC3NN=CN3N)CC2)CC1. The third-order valence-electron chi connectivity index (χ3n) is 7.31. The smallest absolute Gasteiger partial charge is 0.348 e. The minimum Gasteiger partial charge on any atom is -0.477 e. The number of nitrogens with one attached hydrogen (secondary N) is 1. The second-order valence-electron chi connectivity index (χ2n) is 11.5. The molecule has 1 atom stereocenters. The van der Waals surface area contributed by atoms with Gasteiger partial charge in [0.15, 0.2) is 5.50 Å². The van der Waals surface area contributed by atoms with E-state index in [9.17, 15) is 14.7 Å². The highest BCUT2D eigenvalue weighted by atomic mass is 32.2. The molecule has 0 aromatic carbocycles. The first-order valence-electron chi connectivity index (χ1n) is 13.2. The Balaban J connectivity index is 1.59. The molecule has 2 saturated carbocycles. The monoisotopic (exact) mass is 545 g/mol. The average Bonchev–Trinajstić information content (AvgIpc) is 3.45. The lowest BCUT2D eigenvalue weighted by Crippen LogP contribution is -2.47. The van der Waals surface area contributed by atoms with Crippen molar-refractivity contribution in [3.8, 4) is 11.8 Å². The predicted molar refractivity (Wildman–Crippen MR) is 151 cm³/mol. The molecule has 3 aliphatic rings. The summed E-state index contributed by atoms with van der Waals surface area (Å²) in [5, 5.41) is 16.1. The summed E-state index contributed by atoms with van der Waals surface area (Å²) >= 11 is 2.93. The van der Waals surface area contributed by atoms with E-state index in [1.54, 1.807) is 23.1 Å². The van der Waals surface area contributed by atoms with E-state index in [0.717, 1.165) is 51.4 Å². The van der Waals surface area contributed by atoms with Gasteiger partial charge in [-0.3, -0.25) is 15.2 Å². The highest BCUT2D eigenvalue weighted by Crippen LogP contribution is 2.40. The van der Waals surface area contributed by atoms with Crippen LogP contribution in [0.25, 0.3) is 0 Å². The number of carbonyl (C=O) groups is 2. The molecule has 1 unspecified atom stereocenters. The van der Waals surface area contributed by atoms with Crippen LogP contribution in [0, 0.1) is 29.1 Å². The molecule has 2 heterocycles. The largest absolute Gasteiger partial charge is 0.477 e. The van der Waals surface area contributed by atoms with Crippen LogP contribution in [0.15, 0.2) is 11.2 Å². The van der Waals surface area contributed by atoms with Gasteiger partial charge in [0.25, 0.3) is 0 Å². The van der Waals surface area contributed by atoms with Crippen molar-refractivity contribution in [2.45, 2.75) is 95.9 Å². The first kappa shape index (κ1) is 27.8. The summed E-state index contributed by atoms with van der Waals surface area (Å²) in [7, 11) is 0. The molecular weight excluding hydrogens is 506 g/mol. The van der Waals surface area contributed by atoms with Gasteiger partial charge >= 0.3 is 5.97 Å². The number of thiophene rings is 1. The normalized spacial score (nSPS) is 27.8. The van der Waals surface area contributed by atoms with Crippen LogP contribution in [0.4, 0.5) is 5.69 Å². The molecular formula is C27H39N5O3S2. The summed E-state index contributed by atoms with van der Waals surface area (Å²) in [6.45, 7) is 8.33. The summed E-state index contributed by atoms with van der Waals surface area (Å²) < 4.78 is 0. The molecule has 202 valence electrons. The summed E-state index contributed by atoms with van der Waals surface area (Å²) in [4.78, 5) is 29.1. The maximum absolute atomic E-state index is 14.1. The molecule has 1 aliphatic heterocycles. The Morgan fingerprint density at radius 1 is 1.19 bits per heavy atom. The van der Waals surface area contributed by atoms with Gasteiger partial charge in [0.1, 0.15) is 11.2 Å². The zero-order valence-electron chi connectivity index (χ0n) is 22.2. The van der Waals surface area contributed by atoms with Crippen LogP contribution in [-0.2, 0) is 4.79 Å². The van der Waals surface area contributed by atoms with Crippen LogP contribution in [-0.4, -0.2) is 45.1 Å². The molecule has 0 radical (unpaired) electrons. The number of anilines is 1. The van der Waals surface area contributed by atoms with Gasteiger partial charge in [0, 0.05) is 22.6 Å². The fourth-order valence-corrected chi connectivity index (χ4v) is 7.30. The molecule has 10 heteroatoms. The van der Waals surface area contributed by atoms with E-state index in [4.69, 9.17) is 5.84 Å². The lowest BCUT2D eigenvalue weighted by atomic mass is 9.81. The van der Waals surface area contributed by atoms with Crippen molar-refractivity contribution in [2.75, 3.05) is 4.90 Å². The van der Waals surface area contributed by atoms with E-state index in [1.807, 2.05) is 31.7 Å². The molecule has 4 rings (SSSR count). The fraction of sp³-hybridized carbons (Fsp3) is 0.667. The minimum absolute atomic E-state index is 0.0263. The van der Waals surface area contributed by atoms with Crippen molar-refractivity contribution in [2.24, 2.45) is 28.2 Å². The number of hydrogen-bond donors (Lipinski definition) is 3. The number of carbonyl (C=O) groups excluding carboxylic acids is 1. The maximum Gasteiger partial charge on any atom is 0.348 e. The number of carboxylic acids is 1. The molecule has 1 aromatic rings. The molecule has 4 N–H and O–H groups in total. The number of nitrogens with two attached hydrogens (primary N) is 1. The predicted octanol–water partition coefficient (Wildman–Crippen LogP) is 5.05. The summed E-state index contributed by atoms with van der Waals surface area (Å²) in [6, 6.07) is 1.81. The molecule has 0 saturated heterocycles. The lowest BCUT2D eigenvalue weighted by Gasteiger charge is -2.40. The van der Waals surface area contributed by atoms with Crippen molar-refractivity contribution in [3.63, 3.8) is 0 Å². The number of aromatic carboxylic acids is 1. The van der Waals surface area contributed by atoms with E-state index in [1.165, 1.54) is 11.3 Å². The van der Waals surface area contributed by atoms with E-state index in [-0.39, 0.29) is 33.7 Å². The number of thioether (sulfide) groups is 1. The van der Waals surface area contributed by atoms with Gasteiger partial charge in [0.2, 0.25) is 5.91 Å². The first-order chi connectivity index (χ1) is 17.5. The molecule has 0 bridgehead atoms. The Kier molecular flexibility index (Phi) is 8.77. The van der Waals surface area contributed by atoms with Crippen LogP contribution in [0.2, 0.25) is 0 Å². The van der Waals surface area contributed by atoms with Crippen molar-refractivity contribution >= 4 is 47.0 Å². The number of hydrazone groups is 1. The van der Waals surface area contributed by atoms with Gasteiger partial charge in [-0.25, -0.2) is 10.6 Å². The van der Waals surface area contributed by atoms with E-state index >= 15 is 0 Å². The van der Waals surface area contributed by atoms with Gasteiger partial charge in [-0.2, -0.15) is 5.10 Å². The van der Waals surface area contributed by atoms with Crippen molar-refractivity contribution in [3.05, 3.63) is 15.8 Å². The fourth-order valence-electron chi connectivity index (χ4n) is 5.24. The number of hydrogen-bond acceptors (Lipinski definition) is 8. The molecule has 1 aromatic heterocycles. The molecule has 37 heavy (non-hydrogen) atoms. The van der Waals surface area contributed by atoms with Gasteiger partial charge in [-0.1, -0.05) is 18.8 Å². The lowest BCUT2D eigenvalue weighted by molar-refractivity contribution is -0.124. The first-order valence-corrected chi connectivity index (χ1v) is 15.0. The van der Waals surface area contributed by atoms with E-state index in [2.05, 4.69) is 29.3 Å². The number of carboxylic acid groups (broad SMARTS) is 1. The van der Waals surface area contributed by atoms with Crippen LogP contribution in [0.5, 0.6) is 0 Å². The molecule has 1 amide bonds. The van der Waals surface area contributed by atoms with Gasteiger partial charge in [-0.05, 0) is 84.1 Å². The van der Waals surface area contributed by atoms with E-state index in [0.29, 0.717) is 21.7 Å². The van der Waals surface area contributed by atoms with Crippen LogP contribution >= 0.6 is 23.1 Å². The Morgan fingerprint density at radius 2 is 1.86 bits per heavy atom. The second-order valence-corrected chi connectivity index (χ2v) is 14.0. The van der Waals surface area contributed by atoms with Crippen LogP contribution < -0.4 is 16.2 Å². The zero-order valence-corrected chi connectivity index (χ0v) is 23.8. The molecule has 0 spiro atoms. The average molecular weight is 546 g/mol. The molecule has 2 fully saturated rings. The Bertz CT molecular complexity index is 1070. The number of hydrazine groups is 1. The van der Waals surface area contributed by atoms with Crippen molar-refractivity contribution in [1.29, 1.82) is 0 Å². The highest BCUT2D eigenvalue weighted by Gasteiger charge is 2.38. The van der Waals surface area contributed by atoms with Gasteiger partial charge in [-0.15, -0.1) is 23.1 Å². The Labute approximate surface area is 228 Å². The van der Waals surface area contributed by atoms with Gasteiger partial charge in [0.05, 0.1) is 10.6 Å². The van der Waals surface area contributed by atoms with Gasteiger partial charge < -0.3 is 10.0 Å². The number of rotatable bonds is 6. The Morgan fingerprint density at radius 3 is 2.43 bits per heavy atom. The summed E-state index contributed by atoms with van der Waals surface area (Å²) in [6.07, 6.45) is 8.89. The number of nitrogens with zero attached hydrogens (tertiary/aromatic N) is 3. The zero-order chi connectivity index (χ0) is 26.7. The Hall–Kier alpha value is -2.22. The third kappa shape index (κ3) is 7.01. The summed E-state index contributed by atoms with van der Waals surface area (Å²) in [5.41, 5.74) is 3.26. The van der Waals surface area contributed by atoms with E-state index < -0.39 is 5.97 Å². The van der Waals surface area contributed by atoms with Crippen molar-refractivity contribution in [1.82, 2.24) is 10.4 Å². The van der Waals surface area contributed by atoms with Crippen LogP contribution in [0.1, 0.15) is 93.6 Å². The molecule has 2 aliphatic carbocycles. The van der Waals surface area contributed by atoms with Crippen LogP contribution in [0.3, 0.4) is 0 Å². The molecule has 8 nitrogen and oxygen atoms in total. The quantitative estimate of drug-likeness (QED) is 0.339. The topological polar surface area (TPSA) is 111 Å². The van der Waals surface area contributed by atoms with Crippen molar-refractivity contribution < 1.29 is 14.7 Å². The minimum atomic E-state index is -1.00. The summed E-state index contributed by atoms with van der Waals surface area (Å²) in [5.74, 6) is 12.0. The second kappa shape index (κ2) is 11.7. The standard InChI is InChI=1S/C27H39N5O3S2/c1-17-5-7-18(8-6-17)24(33)32(19-9-11-20(12-10-19)37-26-30-29-16-31(26)28)22-15-21(13-14-27(2,3)4)36-23(22)25(34)35/h15-20,26,30H,5-12,28H2,1-4H3,(H,34,35). The third-order valence-corrected chi connectivity index (χ3v) is 9.80. The number of amides is 1. The maximum atomic E-state index is 14.1. The highest BCUT2D eigenvalue weighted by molar-refractivity contribution is 8.00.